The summed E-state index contributed by atoms with van der Waals surface area (Å²) in [6.07, 6.45) is 1.69. The van der Waals surface area contributed by atoms with Crippen LogP contribution in [-0.2, 0) is 0 Å². The number of benzene rings is 2. The molecule has 174 valence electrons. The van der Waals surface area contributed by atoms with Gasteiger partial charge in [-0.3, -0.25) is 4.79 Å². The van der Waals surface area contributed by atoms with Gasteiger partial charge in [0, 0.05) is 55.6 Å². The number of nitrogens with zero attached hydrogens (tertiary/aromatic N) is 5. The van der Waals surface area contributed by atoms with E-state index in [2.05, 4.69) is 40.1 Å². The summed E-state index contributed by atoms with van der Waals surface area (Å²) in [5.41, 5.74) is 3.18. The van der Waals surface area contributed by atoms with Gasteiger partial charge in [-0.25, -0.2) is 4.85 Å². The second kappa shape index (κ2) is 9.23. The maximum atomic E-state index is 13.4. The van der Waals surface area contributed by atoms with Crippen molar-refractivity contribution in [1.82, 2.24) is 0 Å². The van der Waals surface area contributed by atoms with Crippen molar-refractivity contribution in [3.63, 3.8) is 0 Å². The van der Waals surface area contributed by atoms with Crippen molar-refractivity contribution in [3.8, 4) is 28.6 Å². The van der Waals surface area contributed by atoms with Gasteiger partial charge in [0.25, 0.3) is 0 Å². The maximum absolute atomic E-state index is 13.4. The molecule has 0 bridgehead atoms. The highest BCUT2D eigenvalue weighted by atomic mass is 32.1. The van der Waals surface area contributed by atoms with Gasteiger partial charge in [-0.05, 0) is 53.6 Å². The van der Waals surface area contributed by atoms with Crippen LogP contribution in [0.1, 0.15) is 26.4 Å². The van der Waals surface area contributed by atoms with Gasteiger partial charge in [-0.15, -0.1) is 22.7 Å². The number of anilines is 1. The Morgan fingerprint density at radius 3 is 2.27 bits per heavy atom. The van der Waals surface area contributed by atoms with Gasteiger partial charge in [-0.2, -0.15) is 15.8 Å². The monoisotopic (exact) mass is 513 g/mol. The summed E-state index contributed by atoms with van der Waals surface area (Å²) in [6, 6.07) is 21.0. The van der Waals surface area contributed by atoms with Crippen LogP contribution in [0, 0.1) is 40.6 Å². The standard InChI is InChI=1S/C29H15N5OS2/c1-33-24-11-22-21(8-17(24)13-30)28(18(14-31)15-32)23(29(22)35)9-20-10-26-27(36-20)12-25(37-26)16-4-6-19(7-5-16)34(2)3/h4-12H,2-3H3/b23-9-. The number of thiophene rings is 2. The lowest BCUT2D eigenvalue weighted by atomic mass is 9.97. The molecule has 0 unspecified atom stereocenters. The average Bonchev–Trinajstić information content (AvgIpc) is 3.55. The van der Waals surface area contributed by atoms with Gasteiger partial charge in [-0.1, -0.05) is 12.1 Å². The molecule has 5 rings (SSSR count). The fourth-order valence-electron chi connectivity index (χ4n) is 4.25. The summed E-state index contributed by atoms with van der Waals surface area (Å²) in [7, 11) is 4.01. The van der Waals surface area contributed by atoms with E-state index in [0.29, 0.717) is 5.56 Å². The lowest BCUT2D eigenvalue weighted by Gasteiger charge is -2.12. The van der Waals surface area contributed by atoms with Crippen molar-refractivity contribution in [2.24, 2.45) is 0 Å². The molecular weight excluding hydrogens is 498 g/mol. The van der Waals surface area contributed by atoms with Crippen LogP contribution in [0.3, 0.4) is 0 Å². The molecule has 6 nitrogen and oxygen atoms in total. The van der Waals surface area contributed by atoms with Gasteiger partial charge >= 0.3 is 0 Å². The molecule has 2 aromatic heterocycles. The van der Waals surface area contributed by atoms with Crippen molar-refractivity contribution in [2.45, 2.75) is 0 Å². The Hall–Kier alpha value is -4.99. The average molecular weight is 514 g/mol. The second-order valence-corrected chi connectivity index (χ2v) is 10.6. The van der Waals surface area contributed by atoms with Gasteiger partial charge < -0.3 is 4.90 Å². The number of fused-ring (bicyclic) bond motifs is 2. The van der Waals surface area contributed by atoms with Gasteiger partial charge in [0.2, 0.25) is 5.69 Å². The smallest absolute Gasteiger partial charge is 0.205 e. The van der Waals surface area contributed by atoms with Crippen LogP contribution in [-0.4, -0.2) is 19.9 Å². The molecule has 37 heavy (non-hydrogen) atoms. The number of allylic oxidation sites excluding steroid dienone is 3. The highest BCUT2D eigenvalue weighted by Crippen LogP contribution is 2.44. The summed E-state index contributed by atoms with van der Waals surface area (Å²) in [4.78, 5) is 20.7. The Labute approximate surface area is 221 Å². The molecule has 0 spiro atoms. The molecule has 0 radical (unpaired) electrons. The lowest BCUT2D eigenvalue weighted by molar-refractivity contribution is 0.104. The molecule has 0 amide bonds. The minimum Gasteiger partial charge on any atom is -0.378 e. The molecule has 0 saturated carbocycles. The number of carbonyl (C=O) groups is 1. The van der Waals surface area contributed by atoms with Gasteiger partial charge in [0.15, 0.2) is 5.78 Å². The summed E-state index contributed by atoms with van der Waals surface area (Å²) < 4.78 is 2.14. The molecule has 2 aromatic carbocycles. The Kier molecular flexibility index (Phi) is 5.92. The first-order valence-electron chi connectivity index (χ1n) is 11.0. The van der Waals surface area contributed by atoms with Crippen LogP contribution in [0.15, 0.2) is 59.7 Å². The first kappa shape index (κ1) is 23.7. The number of hydrogen-bond acceptors (Lipinski definition) is 7. The molecule has 0 fully saturated rings. The zero-order valence-electron chi connectivity index (χ0n) is 19.7. The zero-order chi connectivity index (χ0) is 26.3. The fraction of sp³-hybridized carbons (Fsp3) is 0.0690. The molecule has 0 N–H and O–H groups in total. The second-order valence-electron chi connectivity index (χ2n) is 8.43. The predicted octanol–water partition coefficient (Wildman–Crippen LogP) is 7.20. The number of carbonyl (C=O) groups excluding carboxylic acids is 1. The third kappa shape index (κ3) is 3.98. The first-order chi connectivity index (χ1) is 17.9. The normalized spacial score (nSPS) is 13.1. The Morgan fingerprint density at radius 2 is 1.68 bits per heavy atom. The van der Waals surface area contributed by atoms with Crippen LogP contribution >= 0.6 is 22.7 Å². The number of Topliss-reactive ketones (excluding diaryl/α,β-unsaturated/α-hetero) is 1. The fourth-order valence-corrected chi connectivity index (χ4v) is 6.60. The molecule has 1 aliphatic carbocycles. The maximum Gasteiger partial charge on any atom is 0.205 e. The number of ketones is 1. The van der Waals surface area contributed by atoms with E-state index in [1.807, 2.05) is 38.4 Å². The van der Waals surface area contributed by atoms with E-state index < -0.39 is 0 Å². The SMILES string of the molecule is [C-]#[N+]c1cc2c(cc1C#N)C(=C(C#N)C#N)/C(=C/c1cc3sc(-c4ccc(N(C)C)cc4)cc3s1)C2=O. The molecule has 0 atom stereocenters. The number of nitriles is 3. The molecule has 0 saturated heterocycles. The van der Waals surface area contributed by atoms with E-state index in [9.17, 15) is 20.6 Å². The van der Waals surface area contributed by atoms with E-state index >= 15 is 0 Å². The molecular formula is C29H15N5OS2. The number of rotatable bonds is 3. The predicted molar refractivity (Wildman–Crippen MR) is 147 cm³/mol. The van der Waals surface area contributed by atoms with E-state index in [-0.39, 0.29) is 39.3 Å². The third-order valence-corrected chi connectivity index (χ3v) is 8.35. The van der Waals surface area contributed by atoms with Crippen LogP contribution in [0.2, 0.25) is 0 Å². The third-order valence-electron chi connectivity index (χ3n) is 6.06. The summed E-state index contributed by atoms with van der Waals surface area (Å²) in [6.45, 7) is 7.34. The summed E-state index contributed by atoms with van der Waals surface area (Å²) in [5, 5.41) is 28.6. The van der Waals surface area contributed by atoms with E-state index in [1.165, 1.54) is 23.5 Å². The quantitative estimate of drug-likeness (QED) is 0.164. The lowest BCUT2D eigenvalue weighted by Crippen LogP contribution is -2.07. The largest absolute Gasteiger partial charge is 0.378 e. The highest BCUT2D eigenvalue weighted by Gasteiger charge is 2.34. The van der Waals surface area contributed by atoms with Crippen molar-refractivity contribution in [3.05, 3.63) is 92.7 Å². The first-order valence-corrected chi connectivity index (χ1v) is 12.6. The van der Waals surface area contributed by atoms with Crippen LogP contribution in [0.25, 0.3) is 36.3 Å². The topological polar surface area (TPSA) is 96.0 Å². The van der Waals surface area contributed by atoms with E-state index in [4.69, 9.17) is 6.57 Å². The molecule has 0 aliphatic heterocycles. The minimum atomic E-state index is -0.374. The molecule has 1 aliphatic rings. The zero-order valence-corrected chi connectivity index (χ0v) is 21.3. The molecule has 4 aromatic rings. The van der Waals surface area contributed by atoms with Crippen LogP contribution in [0.4, 0.5) is 11.4 Å². The van der Waals surface area contributed by atoms with Crippen molar-refractivity contribution >= 4 is 60.9 Å². The Bertz CT molecular complexity index is 1810. The number of hydrogen-bond donors (Lipinski definition) is 0. The highest BCUT2D eigenvalue weighted by molar-refractivity contribution is 7.29. The minimum absolute atomic E-state index is 0.0634. The van der Waals surface area contributed by atoms with Crippen LogP contribution in [0.5, 0.6) is 0 Å². The summed E-state index contributed by atoms with van der Waals surface area (Å²) in [5.74, 6) is -0.374. The Morgan fingerprint density at radius 1 is 0.973 bits per heavy atom. The van der Waals surface area contributed by atoms with E-state index in [0.717, 1.165) is 30.4 Å². The Balaban J connectivity index is 1.59. The molecule has 8 heteroatoms. The van der Waals surface area contributed by atoms with Crippen molar-refractivity contribution < 1.29 is 4.79 Å². The van der Waals surface area contributed by atoms with Gasteiger partial charge in [0.05, 0.1) is 18.2 Å². The molecule has 2 heterocycles. The van der Waals surface area contributed by atoms with Crippen LogP contribution < -0.4 is 4.90 Å². The summed E-state index contributed by atoms with van der Waals surface area (Å²) >= 11 is 3.17. The van der Waals surface area contributed by atoms with Crippen molar-refractivity contribution in [1.29, 1.82) is 15.8 Å². The van der Waals surface area contributed by atoms with Gasteiger partial charge in [0.1, 0.15) is 17.7 Å². The van der Waals surface area contributed by atoms with E-state index in [1.54, 1.807) is 17.4 Å². The van der Waals surface area contributed by atoms with Crippen molar-refractivity contribution in [2.75, 3.05) is 19.0 Å².